The van der Waals surface area contributed by atoms with E-state index in [2.05, 4.69) is 56.3 Å². The van der Waals surface area contributed by atoms with Crippen LogP contribution < -0.4 is 29.9 Å². The molecule has 3 aliphatic rings. The topological polar surface area (TPSA) is 339 Å². The molecule has 3 atom stereocenters. The van der Waals surface area contributed by atoms with Crippen molar-refractivity contribution >= 4 is 86.0 Å². The minimum absolute atomic E-state index is 0. The second-order valence-corrected chi connectivity index (χ2v) is 25.3. The van der Waals surface area contributed by atoms with Crippen LogP contribution in [0, 0.1) is 23.7 Å². The van der Waals surface area contributed by atoms with Crippen molar-refractivity contribution in [2.45, 2.75) is 85.1 Å². The molecule has 3 saturated heterocycles. The number of aliphatic carboxylic acids is 1. The second kappa shape index (κ2) is 38.7. The molecule has 22 nitrogen and oxygen atoms in total. The van der Waals surface area contributed by atoms with Gasteiger partial charge in [-0.3, -0.25) is 24.8 Å². The number of morpholine rings is 2. The standard InChI is InChI=1S/C27H27ClN4O5.C17H12ClN3O.C10H17NO5.C4H8O.CH6IP.CH4.Li.2H2O/c1-27(2,3)37-26(35)32-12-13-36-16-22(32)25(34)30-20-9-5-17(6-10-20)4-7-18-15-29-31-24(18)21-14-19(28)8-11-23(21)33;18-13-5-8-16(22)15(9-13)17-12(10-20-21-17)4-1-11-2-6-14(19)7-3-11;1-10(2,3)16-9(14)11-4-5-15-6-7(11)8(12)13;1-2-4-5-3-1;1-2-3;;;;/h5-6,8-11,14-15,22,33H,12-13,16H2,1-3H3,(H,29,31)(H,30,34);2-3,5-10,22H,19H2,(H,20,21);7H,4-6H2,1-3H3,(H,12,13);1-4H2;2H,3H2,1H3;1H4;;2*1H2/q;;;;;;+1;;/p-1/t22-;;7-;;;;;;/m0.0....../s1/i;;;;2D;;;;. The molecule has 0 saturated carbocycles. The molecule has 27 heteroatoms. The number of carbonyl (C=O) groups excluding carboxylic acids is 3. The summed E-state index contributed by atoms with van der Waals surface area (Å²) in [5.41, 5.74) is 10.7. The van der Waals surface area contributed by atoms with Gasteiger partial charge in [0.1, 0.15) is 28.7 Å². The maximum absolute atomic E-state index is 12.9. The summed E-state index contributed by atoms with van der Waals surface area (Å²) >= 11 is 10.9. The summed E-state index contributed by atoms with van der Waals surface area (Å²) in [6.45, 7) is 16.3. The molecule has 3 amide bonds. The fourth-order valence-electron chi connectivity index (χ4n) is 7.52. The van der Waals surface area contributed by atoms with E-state index in [-0.39, 0.29) is 80.9 Å². The van der Waals surface area contributed by atoms with Gasteiger partial charge in [0.05, 0.1) is 61.3 Å². The van der Waals surface area contributed by atoms with Crippen molar-refractivity contribution in [2.75, 3.05) is 68.7 Å². The number of nitrogen functional groups attached to an aromatic ring is 1. The number of ether oxygens (including phenoxy) is 5. The predicted octanol–water partition coefficient (Wildman–Crippen LogP) is 7.08. The number of benzene rings is 4. The molecular formula is C60H77Cl2ILiN8O14P. The van der Waals surface area contributed by atoms with Gasteiger partial charge in [0.15, 0.2) is 6.04 Å². The summed E-state index contributed by atoms with van der Waals surface area (Å²) in [6, 6.07) is 22.1. The number of carbonyl (C=O) groups is 4. The van der Waals surface area contributed by atoms with Crippen molar-refractivity contribution in [3.05, 3.63) is 130 Å². The van der Waals surface area contributed by atoms with Gasteiger partial charge < -0.3 is 61.0 Å². The van der Waals surface area contributed by atoms with Crippen LogP contribution in [0.2, 0.25) is 10.0 Å². The van der Waals surface area contributed by atoms with E-state index in [1.165, 1.54) is 34.8 Å². The maximum Gasteiger partial charge on any atom is 1.00 e. The van der Waals surface area contributed by atoms with Crippen molar-refractivity contribution in [1.82, 2.24) is 30.2 Å². The number of rotatable bonds is 5. The molecule has 4 aromatic carbocycles. The van der Waals surface area contributed by atoms with Crippen molar-refractivity contribution < 1.29 is 88.0 Å². The Morgan fingerprint density at radius 1 is 0.713 bits per heavy atom. The number of aromatic nitrogens is 4. The van der Waals surface area contributed by atoms with Gasteiger partial charge in [0.2, 0.25) is 5.91 Å². The first-order valence-electron chi connectivity index (χ1n) is 26.3. The molecule has 468 valence electrons. The number of H-pyrrole nitrogens is 2. The Balaban J connectivity index is 0.000000645. The van der Waals surface area contributed by atoms with Crippen LogP contribution in [-0.4, -0.2) is 162 Å². The fourth-order valence-corrected chi connectivity index (χ4v) is 7.86. The number of amides is 3. The number of nitrogens with two attached hydrogens (primary N) is 1. The molecule has 2 aromatic heterocycles. The van der Waals surface area contributed by atoms with E-state index in [1.54, 1.807) is 115 Å². The van der Waals surface area contributed by atoms with Crippen LogP contribution in [0.3, 0.4) is 0 Å². The molecule has 3 aliphatic heterocycles. The first-order chi connectivity index (χ1) is 39.8. The van der Waals surface area contributed by atoms with Crippen LogP contribution in [0.1, 0.15) is 84.1 Å². The van der Waals surface area contributed by atoms with Crippen LogP contribution in [0.25, 0.3) is 22.5 Å². The summed E-state index contributed by atoms with van der Waals surface area (Å²) in [6.07, 6.45) is 4.58. The van der Waals surface area contributed by atoms with E-state index in [9.17, 15) is 29.4 Å². The number of nitrogens with one attached hydrogen (secondary N) is 3. The van der Waals surface area contributed by atoms with Gasteiger partial charge in [-0.2, -0.15) is 10.2 Å². The van der Waals surface area contributed by atoms with Gasteiger partial charge in [0, 0.05) is 70.0 Å². The second-order valence-electron chi connectivity index (χ2n) is 20.2. The van der Waals surface area contributed by atoms with Gasteiger partial charge in [-0.15, -0.1) is 0 Å². The molecule has 9 rings (SSSR count). The van der Waals surface area contributed by atoms with E-state index in [1.807, 2.05) is 17.1 Å². The van der Waals surface area contributed by atoms with Crippen molar-refractivity contribution in [3.8, 4) is 57.7 Å². The van der Waals surface area contributed by atoms with Crippen molar-refractivity contribution in [1.29, 1.82) is 0.594 Å². The molecule has 0 bridgehead atoms. The number of phenols is 2. The Labute approximate surface area is 542 Å². The van der Waals surface area contributed by atoms with Crippen LogP contribution in [-0.2, 0) is 33.3 Å². The monoisotopic (exact) mass is 1370 g/mol. The number of nitrogens with zero attached hydrogens (tertiary/aromatic N) is 4. The number of phenolic OH excluding ortho intramolecular Hbond substituents is 2. The molecule has 0 spiro atoms. The van der Waals surface area contributed by atoms with E-state index in [0.29, 0.717) is 73.8 Å². The normalized spacial score (nSPS) is 15.0. The molecule has 5 heterocycles. The number of aromatic amines is 2. The van der Waals surface area contributed by atoms with Crippen LogP contribution in [0.15, 0.2) is 97.3 Å². The molecule has 87 heavy (non-hydrogen) atoms. The summed E-state index contributed by atoms with van der Waals surface area (Å²) in [5, 5.41) is 46.6. The number of carboxylic acids is 1. The average molecular weight is 1370 g/mol. The molecule has 11 N–H and O–H groups in total. The Bertz CT molecular complexity index is 3280. The molecule has 0 radical (unpaired) electrons. The molecule has 1 unspecified atom stereocenters. The minimum atomic E-state index is -1.10. The molecule has 3 fully saturated rings. The van der Waals surface area contributed by atoms with E-state index < -0.39 is 61.9 Å². The zero-order valence-electron chi connectivity index (χ0n) is 50.0. The summed E-state index contributed by atoms with van der Waals surface area (Å²) in [4.78, 5) is 52.7. The van der Waals surface area contributed by atoms with Gasteiger partial charge in [0.25, 0.3) is 0 Å². The largest absolute Gasteiger partial charge is 1.00 e. The zero-order chi connectivity index (χ0) is 61.6. The van der Waals surface area contributed by atoms with Crippen molar-refractivity contribution in [3.63, 3.8) is 0 Å². The van der Waals surface area contributed by atoms with Crippen LogP contribution >= 0.6 is 50.5 Å². The maximum atomic E-state index is 12.9. The third kappa shape index (κ3) is 26.4. The third-order valence-corrected chi connectivity index (χ3v) is 11.9. The van der Waals surface area contributed by atoms with E-state index >= 15 is 0 Å². The summed E-state index contributed by atoms with van der Waals surface area (Å²) < 4.78 is 32.7. The average Bonchev–Trinajstić information content (AvgIpc) is 3.78. The number of carboxylic acid groups (broad SMARTS) is 1. The number of anilines is 2. The number of hydrogen-bond donors (Lipinski definition) is 7. The third-order valence-electron chi connectivity index (χ3n) is 11.4. The smallest absolute Gasteiger partial charge is 0.870 e. The number of aromatic hydroxyl groups is 2. The van der Waals surface area contributed by atoms with Gasteiger partial charge in [-0.05, 0) is 139 Å². The predicted molar refractivity (Wildman–Crippen MR) is 345 cm³/mol. The van der Waals surface area contributed by atoms with Crippen LogP contribution in [0.4, 0.5) is 21.0 Å². The Hall–Kier alpha value is -6.56. The molecular weight excluding hydrogens is 1290 g/mol. The van der Waals surface area contributed by atoms with Gasteiger partial charge in [-0.25, -0.2) is 14.4 Å². The van der Waals surface area contributed by atoms with Gasteiger partial charge >= 0.3 is 69.9 Å². The molecule has 0 aliphatic carbocycles. The van der Waals surface area contributed by atoms with E-state index in [0.717, 1.165) is 18.8 Å². The quantitative estimate of drug-likeness (QED) is 0.0226. The van der Waals surface area contributed by atoms with E-state index in [4.69, 9.17) is 58.3 Å². The SMILES string of the molecule is C.C1CCOC1.CC(C)(C)OC(=O)N1CCOC[C@H]1C(=O)Nc1ccc(C#Cc2cn[nH]c2-c2cc(Cl)ccc2O)cc1.CC(C)(C)OC(=O)N1CCOC[C@H]1C(=O)O.Nc1ccc(C#Cc2cn[nH]c2-c2cc(Cl)ccc2O)cc1.O.[2H]I(C)P.[Li+].[OH-]. The van der Waals surface area contributed by atoms with Crippen LogP contribution in [0.5, 0.6) is 11.5 Å². The number of halogens is 3. The first-order valence-corrected chi connectivity index (χ1v) is 33.0. The zero-order valence-corrected chi connectivity index (χ0v) is 53.8. The number of alkyl halides is 1. The molecule has 6 aromatic rings. The summed E-state index contributed by atoms with van der Waals surface area (Å²) in [7, 11) is 0. The fraction of sp³-hybridized carbons (Fsp3) is 0.367. The minimum Gasteiger partial charge on any atom is -0.870 e. The van der Waals surface area contributed by atoms with Gasteiger partial charge in [-0.1, -0.05) is 54.3 Å². The first kappa shape index (κ1) is 76.5. The Morgan fingerprint density at radius 3 is 1.51 bits per heavy atom. The Kier molecular flexibility index (Phi) is 34.0. The summed E-state index contributed by atoms with van der Waals surface area (Å²) in [5.74, 6) is 10.9. The van der Waals surface area contributed by atoms with Crippen molar-refractivity contribution in [2.24, 2.45) is 0 Å². The Morgan fingerprint density at radius 2 is 1.11 bits per heavy atom. The number of hydrogen-bond acceptors (Lipinski definition) is 15.